The van der Waals surface area contributed by atoms with Gasteiger partial charge in [0.2, 0.25) is 11.6 Å². The zero-order chi connectivity index (χ0) is 21.8. The first-order chi connectivity index (χ1) is 15.6. The molecule has 0 saturated carbocycles. The third-order valence-electron chi connectivity index (χ3n) is 6.22. The largest absolute Gasteiger partial charge is 0.365 e. The zero-order valence-electron chi connectivity index (χ0n) is 17.5. The average Bonchev–Trinajstić information content (AvgIpc) is 3.73. The van der Waals surface area contributed by atoms with E-state index in [4.69, 9.17) is 4.52 Å². The van der Waals surface area contributed by atoms with Crippen LogP contribution in [0.25, 0.3) is 16.2 Å². The van der Waals surface area contributed by atoms with Gasteiger partial charge in [0.25, 0.3) is 5.91 Å². The normalized spacial score (nSPS) is 20.8. The number of hydrogen-bond acceptors (Lipinski definition) is 8. The van der Waals surface area contributed by atoms with E-state index in [1.54, 1.807) is 6.07 Å². The summed E-state index contributed by atoms with van der Waals surface area (Å²) in [6, 6.07) is 5.37. The van der Waals surface area contributed by atoms with Crippen LogP contribution < -0.4 is 0 Å². The summed E-state index contributed by atoms with van der Waals surface area (Å²) in [6.07, 6.45) is 4.71. The van der Waals surface area contributed by atoms with Crippen molar-refractivity contribution in [3.8, 4) is 10.6 Å². The Morgan fingerprint density at radius 3 is 2.44 bits per heavy atom. The fraction of sp³-hybridized carbons (Fsp3) is 0.391. The third kappa shape index (κ3) is 3.37. The summed E-state index contributed by atoms with van der Waals surface area (Å²) < 4.78 is 5.57. The number of ketones is 2. The van der Waals surface area contributed by atoms with Crippen molar-refractivity contribution in [3.05, 3.63) is 46.2 Å². The Morgan fingerprint density at radius 2 is 1.72 bits per heavy atom. The minimum Gasteiger partial charge on any atom is -0.365 e. The van der Waals surface area contributed by atoms with Gasteiger partial charge in [-0.05, 0) is 31.4 Å². The van der Waals surface area contributed by atoms with Gasteiger partial charge in [0, 0.05) is 51.4 Å². The summed E-state index contributed by atoms with van der Waals surface area (Å²) in [6.45, 7) is 4.67. The second kappa shape index (κ2) is 7.44. The highest BCUT2D eigenvalue weighted by Gasteiger charge is 2.41. The number of carbonyl (C=O) groups is 3. The molecule has 0 bridgehead atoms. The molecule has 8 nitrogen and oxygen atoms in total. The maximum Gasteiger partial charge on any atom is 0.263 e. The fourth-order valence-corrected chi connectivity index (χ4v) is 5.24. The van der Waals surface area contributed by atoms with E-state index in [9.17, 15) is 14.4 Å². The monoisotopic (exact) mass is 450 g/mol. The number of Topliss-reactive ketones (excluding diaryl/α,β-unsaturated/α-hetero) is 1. The highest BCUT2D eigenvalue weighted by atomic mass is 32.1. The van der Waals surface area contributed by atoms with Gasteiger partial charge in [-0.25, -0.2) is 0 Å². The molecule has 32 heavy (non-hydrogen) atoms. The van der Waals surface area contributed by atoms with Gasteiger partial charge in [0.05, 0.1) is 26.7 Å². The summed E-state index contributed by atoms with van der Waals surface area (Å²) in [5, 5.41) is 4.15. The Balaban J connectivity index is 1.30. The number of allylic oxidation sites excluding steroid dienone is 2. The molecule has 9 heteroatoms. The van der Waals surface area contributed by atoms with Gasteiger partial charge in [-0.3, -0.25) is 14.4 Å². The molecule has 3 fully saturated rings. The lowest BCUT2D eigenvalue weighted by Gasteiger charge is -2.26. The quantitative estimate of drug-likeness (QED) is 0.511. The van der Waals surface area contributed by atoms with Gasteiger partial charge >= 0.3 is 0 Å². The van der Waals surface area contributed by atoms with Crippen LogP contribution in [0, 0.1) is 0 Å². The van der Waals surface area contributed by atoms with E-state index in [-0.39, 0.29) is 17.5 Å². The molecule has 0 spiro atoms. The lowest BCUT2D eigenvalue weighted by molar-refractivity contribution is -0.115. The van der Waals surface area contributed by atoms with Crippen molar-refractivity contribution in [2.24, 2.45) is 0 Å². The van der Waals surface area contributed by atoms with E-state index < -0.39 is 0 Å². The summed E-state index contributed by atoms with van der Waals surface area (Å²) >= 11 is 1.36. The average molecular weight is 451 g/mol. The first-order valence-electron chi connectivity index (χ1n) is 11.0. The van der Waals surface area contributed by atoms with Crippen LogP contribution in [0.15, 0.2) is 40.2 Å². The fourth-order valence-electron chi connectivity index (χ4n) is 4.32. The molecule has 164 valence electrons. The van der Waals surface area contributed by atoms with E-state index >= 15 is 0 Å². The van der Waals surface area contributed by atoms with Crippen molar-refractivity contribution >= 4 is 34.4 Å². The van der Waals surface area contributed by atoms with Crippen molar-refractivity contribution in [2.75, 3.05) is 39.3 Å². The van der Waals surface area contributed by atoms with Crippen LogP contribution in [0.2, 0.25) is 0 Å². The molecule has 3 saturated heterocycles. The molecule has 2 aromatic heterocycles. The number of likely N-dealkylation sites (tertiary alicyclic amines) is 1. The minimum atomic E-state index is -0.184. The summed E-state index contributed by atoms with van der Waals surface area (Å²) in [4.78, 5) is 45.9. The molecule has 1 aliphatic carbocycles. The highest BCUT2D eigenvalue weighted by molar-refractivity contribution is 7.17. The number of piperidine rings is 1. The second-order valence-electron chi connectivity index (χ2n) is 8.51. The molecule has 0 atom stereocenters. The third-order valence-corrected chi connectivity index (χ3v) is 7.31. The van der Waals surface area contributed by atoms with E-state index in [0.717, 1.165) is 57.0 Å². The molecule has 0 unspecified atom stereocenters. The number of aromatic nitrogens is 1. The van der Waals surface area contributed by atoms with Crippen LogP contribution in [0.5, 0.6) is 0 Å². The van der Waals surface area contributed by atoms with Crippen molar-refractivity contribution in [1.29, 1.82) is 0 Å². The maximum absolute atomic E-state index is 13.2. The van der Waals surface area contributed by atoms with E-state index in [1.807, 2.05) is 26.8 Å². The lowest BCUT2D eigenvalue weighted by Crippen LogP contribution is -2.35. The van der Waals surface area contributed by atoms with Crippen molar-refractivity contribution in [2.45, 2.75) is 19.3 Å². The number of carbonyl (C=O) groups excluding carboxylic acids is 3. The molecule has 0 aromatic carbocycles. The van der Waals surface area contributed by atoms with Gasteiger partial charge < -0.3 is 19.2 Å². The van der Waals surface area contributed by atoms with Crippen molar-refractivity contribution in [1.82, 2.24) is 19.9 Å². The van der Waals surface area contributed by atoms with Crippen LogP contribution in [0.4, 0.5) is 0 Å². The van der Waals surface area contributed by atoms with Gasteiger partial charge in [-0.2, -0.15) is 0 Å². The molecule has 4 aliphatic rings. The van der Waals surface area contributed by atoms with Crippen molar-refractivity contribution in [3.63, 3.8) is 0 Å². The molecule has 0 radical (unpaired) electrons. The number of hydrogen-bond donors (Lipinski definition) is 0. The standard InChI is InChI=1S/C23H22N4O4S/c28-16-13-15(25-8-9-25)22(29)20(21(16)26-10-11-26)14-12-17(31-24-14)18-4-5-19(32-18)23(30)27-6-2-1-3-7-27/h4-5,12-13H,1-3,6-11H2. The number of amides is 1. The molecular weight excluding hydrogens is 428 g/mol. The Hall–Kier alpha value is -3.20. The first kappa shape index (κ1) is 19.5. The predicted octanol–water partition coefficient (Wildman–Crippen LogP) is 2.41. The van der Waals surface area contributed by atoms with E-state index in [2.05, 4.69) is 5.16 Å². The first-order valence-corrected chi connectivity index (χ1v) is 11.8. The molecule has 5 heterocycles. The van der Waals surface area contributed by atoms with Gasteiger partial charge in [0.1, 0.15) is 5.69 Å². The molecule has 1 amide bonds. The van der Waals surface area contributed by atoms with Crippen LogP contribution in [0.1, 0.15) is 34.6 Å². The Bertz CT molecular complexity index is 1190. The van der Waals surface area contributed by atoms with Crippen LogP contribution in [0.3, 0.4) is 0 Å². The zero-order valence-corrected chi connectivity index (χ0v) is 18.3. The lowest BCUT2D eigenvalue weighted by atomic mass is 9.94. The van der Waals surface area contributed by atoms with Crippen LogP contribution in [-0.4, -0.2) is 76.6 Å². The number of thiophene rings is 1. The molecule has 2 aromatic rings. The predicted molar refractivity (Wildman–Crippen MR) is 118 cm³/mol. The molecule has 6 rings (SSSR count). The van der Waals surface area contributed by atoms with Crippen molar-refractivity contribution < 1.29 is 18.9 Å². The second-order valence-corrected chi connectivity index (χ2v) is 9.60. The van der Waals surface area contributed by atoms with Crippen LogP contribution in [-0.2, 0) is 9.59 Å². The minimum absolute atomic E-state index is 0.0496. The van der Waals surface area contributed by atoms with Crippen LogP contribution >= 0.6 is 11.3 Å². The Morgan fingerprint density at radius 1 is 0.969 bits per heavy atom. The van der Waals surface area contributed by atoms with Gasteiger partial charge in [-0.1, -0.05) is 5.16 Å². The number of nitrogens with zero attached hydrogens (tertiary/aromatic N) is 4. The maximum atomic E-state index is 13.2. The number of rotatable bonds is 5. The summed E-state index contributed by atoms with van der Waals surface area (Å²) in [5.74, 6) is 0.196. The topological polar surface area (TPSA) is 86.5 Å². The summed E-state index contributed by atoms with van der Waals surface area (Å²) in [5.41, 5.74) is 1.52. The van der Waals surface area contributed by atoms with Gasteiger partial charge in [-0.15, -0.1) is 11.3 Å². The molecule has 0 N–H and O–H groups in total. The molecular formula is C23H22N4O4S. The Kier molecular flexibility index (Phi) is 4.53. The Labute approximate surface area is 188 Å². The SMILES string of the molecule is O=C1C=C(N2CC2)C(=O)C(c2cc(-c3ccc(C(=O)N4CCCCC4)s3)on2)=C1N1CC1. The van der Waals surface area contributed by atoms with E-state index in [1.165, 1.54) is 23.8 Å². The molecule has 3 aliphatic heterocycles. The van der Waals surface area contributed by atoms with E-state index in [0.29, 0.717) is 33.3 Å². The van der Waals surface area contributed by atoms with Gasteiger partial charge in [0.15, 0.2) is 5.76 Å². The highest BCUT2D eigenvalue weighted by Crippen LogP contribution is 2.37. The summed E-state index contributed by atoms with van der Waals surface area (Å²) in [7, 11) is 0. The smallest absolute Gasteiger partial charge is 0.263 e.